The number of anilines is 1. The van der Waals surface area contributed by atoms with Crippen molar-refractivity contribution in [2.75, 3.05) is 25.4 Å². The summed E-state index contributed by atoms with van der Waals surface area (Å²) in [4.78, 5) is 27.1. The van der Waals surface area contributed by atoms with Crippen LogP contribution in [0, 0.1) is 6.92 Å². The number of hydrogen-bond acceptors (Lipinski definition) is 4. The summed E-state index contributed by atoms with van der Waals surface area (Å²) >= 11 is 1.35. The first-order valence-corrected chi connectivity index (χ1v) is 7.31. The number of piperidine rings is 1. The molecule has 1 saturated heterocycles. The molecule has 0 aromatic carbocycles. The molecule has 3 N–H and O–H groups in total. The van der Waals surface area contributed by atoms with Crippen molar-refractivity contribution in [1.29, 1.82) is 0 Å². The number of nitrogens with two attached hydrogens (primary N) is 1. The molecule has 1 aliphatic heterocycles. The van der Waals surface area contributed by atoms with Crippen LogP contribution in [0.1, 0.15) is 33.8 Å². The molecule has 6 heteroatoms. The van der Waals surface area contributed by atoms with Crippen molar-refractivity contribution in [1.82, 2.24) is 10.2 Å². The quantitative estimate of drug-likeness (QED) is 0.879. The maximum Gasteiger partial charge on any atom is 0.261 e. The number of hydrogen-bond donors (Lipinski definition) is 2. The molecular formula is C13H19N3O2S. The number of nitrogens with zero attached hydrogens (tertiary/aromatic N) is 1. The van der Waals surface area contributed by atoms with Crippen LogP contribution in [0.4, 0.5) is 5.69 Å². The Kier molecular flexibility index (Phi) is 4.42. The van der Waals surface area contributed by atoms with Gasteiger partial charge in [-0.15, -0.1) is 11.3 Å². The summed E-state index contributed by atoms with van der Waals surface area (Å²) in [7, 11) is 0. The van der Waals surface area contributed by atoms with E-state index in [9.17, 15) is 9.59 Å². The van der Waals surface area contributed by atoms with Gasteiger partial charge in [0, 0.05) is 23.7 Å². The first-order chi connectivity index (χ1) is 9.08. The van der Waals surface area contributed by atoms with E-state index in [1.165, 1.54) is 17.8 Å². The average molecular weight is 281 g/mol. The lowest BCUT2D eigenvalue weighted by molar-refractivity contribution is -0.130. The normalized spacial score (nSPS) is 15.3. The highest BCUT2D eigenvalue weighted by Crippen LogP contribution is 2.23. The number of thiophene rings is 1. The van der Waals surface area contributed by atoms with Gasteiger partial charge in [-0.25, -0.2) is 0 Å². The van der Waals surface area contributed by atoms with E-state index in [2.05, 4.69) is 5.32 Å². The Morgan fingerprint density at radius 1 is 1.37 bits per heavy atom. The molecule has 5 nitrogen and oxygen atoms in total. The van der Waals surface area contributed by atoms with Gasteiger partial charge in [0.25, 0.3) is 5.91 Å². The van der Waals surface area contributed by atoms with Gasteiger partial charge in [-0.2, -0.15) is 0 Å². The zero-order chi connectivity index (χ0) is 13.8. The highest BCUT2D eigenvalue weighted by molar-refractivity contribution is 7.14. The summed E-state index contributed by atoms with van der Waals surface area (Å²) in [5.41, 5.74) is 6.33. The molecule has 0 spiro atoms. The SMILES string of the molecule is Cc1sc(C(=O)NCC(=O)N2CCCCC2)cc1N. The van der Waals surface area contributed by atoms with Crippen molar-refractivity contribution in [3.8, 4) is 0 Å². The van der Waals surface area contributed by atoms with E-state index in [4.69, 9.17) is 5.73 Å². The molecule has 0 atom stereocenters. The van der Waals surface area contributed by atoms with Crippen molar-refractivity contribution in [3.05, 3.63) is 15.8 Å². The Labute approximate surface area is 116 Å². The van der Waals surface area contributed by atoms with Crippen molar-refractivity contribution in [2.24, 2.45) is 0 Å². The molecule has 1 aromatic rings. The largest absolute Gasteiger partial charge is 0.398 e. The van der Waals surface area contributed by atoms with Crippen LogP contribution in [0.5, 0.6) is 0 Å². The molecule has 0 aliphatic carbocycles. The summed E-state index contributed by atoms with van der Waals surface area (Å²) in [5, 5.41) is 2.66. The van der Waals surface area contributed by atoms with Crippen LogP contribution in [0.2, 0.25) is 0 Å². The zero-order valence-corrected chi connectivity index (χ0v) is 11.9. The van der Waals surface area contributed by atoms with Crippen LogP contribution >= 0.6 is 11.3 Å². The molecule has 104 valence electrons. The van der Waals surface area contributed by atoms with Crippen molar-refractivity contribution >= 4 is 28.8 Å². The van der Waals surface area contributed by atoms with Crippen LogP contribution in [-0.4, -0.2) is 36.3 Å². The van der Waals surface area contributed by atoms with E-state index in [-0.39, 0.29) is 18.4 Å². The minimum Gasteiger partial charge on any atom is -0.398 e. The fourth-order valence-electron chi connectivity index (χ4n) is 2.11. The van der Waals surface area contributed by atoms with Crippen molar-refractivity contribution in [2.45, 2.75) is 26.2 Å². The van der Waals surface area contributed by atoms with Gasteiger partial charge in [-0.3, -0.25) is 9.59 Å². The minimum absolute atomic E-state index is 0.00528. The molecule has 0 bridgehead atoms. The summed E-state index contributed by atoms with van der Waals surface area (Å²) in [6, 6.07) is 1.65. The van der Waals surface area contributed by atoms with E-state index in [1.54, 1.807) is 6.07 Å². The second-order valence-corrected chi connectivity index (χ2v) is 6.00. The van der Waals surface area contributed by atoms with Crippen LogP contribution in [0.25, 0.3) is 0 Å². The number of likely N-dealkylation sites (tertiary alicyclic amines) is 1. The molecule has 1 aliphatic rings. The number of carbonyl (C=O) groups is 2. The third-order valence-corrected chi connectivity index (χ3v) is 4.35. The minimum atomic E-state index is -0.227. The molecule has 0 unspecified atom stereocenters. The van der Waals surface area contributed by atoms with Crippen molar-refractivity contribution < 1.29 is 9.59 Å². The second kappa shape index (κ2) is 6.06. The highest BCUT2D eigenvalue weighted by atomic mass is 32.1. The summed E-state index contributed by atoms with van der Waals surface area (Å²) < 4.78 is 0. The molecule has 1 fully saturated rings. The van der Waals surface area contributed by atoms with Gasteiger partial charge in [0.1, 0.15) is 0 Å². The Balaban J connectivity index is 1.84. The van der Waals surface area contributed by atoms with Crippen LogP contribution in [0.15, 0.2) is 6.07 Å². The van der Waals surface area contributed by atoms with Gasteiger partial charge in [-0.05, 0) is 32.3 Å². The molecule has 2 rings (SSSR count). The lowest BCUT2D eigenvalue weighted by Crippen LogP contribution is -2.42. The molecule has 1 aromatic heterocycles. The van der Waals surface area contributed by atoms with E-state index in [0.717, 1.165) is 30.8 Å². The monoisotopic (exact) mass is 281 g/mol. The van der Waals surface area contributed by atoms with Gasteiger partial charge in [-0.1, -0.05) is 0 Å². The topological polar surface area (TPSA) is 75.4 Å². The summed E-state index contributed by atoms with van der Waals surface area (Å²) in [6.45, 7) is 3.55. The predicted octanol–water partition coefficient (Wildman–Crippen LogP) is 1.38. The predicted molar refractivity (Wildman–Crippen MR) is 76.2 cm³/mol. The Morgan fingerprint density at radius 3 is 2.63 bits per heavy atom. The maximum absolute atomic E-state index is 11.9. The first-order valence-electron chi connectivity index (χ1n) is 6.50. The van der Waals surface area contributed by atoms with E-state index >= 15 is 0 Å². The highest BCUT2D eigenvalue weighted by Gasteiger charge is 2.18. The Bertz CT molecular complexity index is 459. The Hall–Kier alpha value is -1.56. The fourth-order valence-corrected chi connectivity index (χ4v) is 2.96. The molecule has 2 heterocycles. The van der Waals surface area contributed by atoms with E-state index in [0.29, 0.717) is 10.6 Å². The number of carbonyl (C=O) groups excluding carboxylic acids is 2. The number of nitrogen functional groups attached to an aromatic ring is 1. The zero-order valence-electron chi connectivity index (χ0n) is 11.1. The van der Waals surface area contributed by atoms with E-state index < -0.39 is 0 Å². The number of rotatable bonds is 3. The number of amides is 2. The van der Waals surface area contributed by atoms with Gasteiger partial charge in [0.2, 0.25) is 5.91 Å². The average Bonchev–Trinajstić information content (AvgIpc) is 2.77. The summed E-state index contributed by atoms with van der Waals surface area (Å²) in [5.74, 6) is -0.232. The third-order valence-electron chi connectivity index (χ3n) is 3.29. The molecule has 0 saturated carbocycles. The van der Waals surface area contributed by atoms with Crippen LogP contribution < -0.4 is 11.1 Å². The Morgan fingerprint density at radius 2 is 2.05 bits per heavy atom. The fraction of sp³-hybridized carbons (Fsp3) is 0.538. The smallest absolute Gasteiger partial charge is 0.261 e. The lowest BCUT2D eigenvalue weighted by Gasteiger charge is -2.26. The number of aryl methyl sites for hydroxylation is 1. The van der Waals surface area contributed by atoms with E-state index in [1.807, 2.05) is 11.8 Å². The molecule has 2 amide bonds. The lowest BCUT2D eigenvalue weighted by atomic mass is 10.1. The van der Waals surface area contributed by atoms with Crippen molar-refractivity contribution in [3.63, 3.8) is 0 Å². The van der Waals surface area contributed by atoms with Gasteiger partial charge in [0.15, 0.2) is 0 Å². The maximum atomic E-state index is 11.9. The molecular weight excluding hydrogens is 262 g/mol. The molecule has 19 heavy (non-hydrogen) atoms. The van der Waals surface area contributed by atoms with Crippen LogP contribution in [-0.2, 0) is 4.79 Å². The second-order valence-electron chi connectivity index (χ2n) is 4.75. The van der Waals surface area contributed by atoms with Gasteiger partial charge < -0.3 is 16.0 Å². The molecule has 0 radical (unpaired) electrons. The third kappa shape index (κ3) is 3.47. The van der Waals surface area contributed by atoms with Gasteiger partial charge >= 0.3 is 0 Å². The number of nitrogens with one attached hydrogen (secondary N) is 1. The first kappa shape index (κ1) is 13.9. The summed E-state index contributed by atoms with van der Waals surface area (Å²) in [6.07, 6.45) is 3.30. The van der Waals surface area contributed by atoms with Crippen LogP contribution in [0.3, 0.4) is 0 Å². The van der Waals surface area contributed by atoms with Gasteiger partial charge in [0.05, 0.1) is 11.4 Å². The standard InChI is InChI=1S/C13H19N3O2S/c1-9-10(14)7-11(19-9)13(18)15-8-12(17)16-5-3-2-4-6-16/h7H,2-6,8,14H2,1H3,(H,15,18).